The van der Waals surface area contributed by atoms with Crippen molar-refractivity contribution in [1.29, 1.82) is 0 Å². The van der Waals surface area contributed by atoms with Gasteiger partial charge in [-0.05, 0) is 6.42 Å². The molecular weight excluding hydrogens is 218 g/mol. The van der Waals surface area contributed by atoms with Crippen LogP contribution in [0.5, 0.6) is 6.01 Å². The Kier molecular flexibility index (Phi) is 3.84. The first-order valence-corrected chi connectivity index (χ1v) is 6.09. The van der Waals surface area contributed by atoms with E-state index in [4.69, 9.17) is 4.74 Å². The molecule has 0 aromatic carbocycles. The van der Waals surface area contributed by atoms with Crippen molar-refractivity contribution >= 4 is 15.7 Å². The first-order valence-electron chi connectivity index (χ1n) is 4.44. The van der Waals surface area contributed by atoms with Crippen LogP contribution in [0.1, 0.15) is 13.3 Å². The van der Waals surface area contributed by atoms with Gasteiger partial charge in [0.1, 0.15) is 0 Å². The topological polar surface area (TPSA) is 81.2 Å². The number of hydrogen-bond donors (Lipinski definition) is 1. The molecule has 6 nitrogen and oxygen atoms in total. The lowest BCUT2D eigenvalue weighted by Crippen LogP contribution is -2.16. The summed E-state index contributed by atoms with van der Waals surface area (Å²) in [5.41, 5.74) is 0.337. The Morgan fingerprint density at radius 1 is 1.40 bits per heavy atom. The Balaban J connectivity index is 2.73. The molecule has 1 aromatic heterocycles. The molecule has 0 aliphatic carbocycles. The second-order valence-corrected chi connectivity index (χ2v) is 4.72. The highest BCUT2D eigenvalue weighted by atomic mass is 32.2. The third kappa shape index (κ3) is 3.70. The molecule has 0 spiro atoms. The van der Waals surface area contributed by atoms with Gasteiger partial charge in [0.2, 0.25) is 10.0 Å². The second kappa shape index (κ2) is 4.92. The lowest BCUT2D eigenvalue weighted by Gasteiger charge is -2.05. The molecule has 15 heavy (non-hydrogen) atoms. The van der Waals surface area contributed by atoms with Crippen molar-refractivity contribution in [2.24, 2.45) is 0 Å². The predicted octanol–water partition coefficient (Wildman–Crippen LogP) is 0.637. The minimum absolute atomic E-state index is 0.0824. The van der Waals surface area contributed by atoms with Crippen LogP contribution < -0.4 is 9.46 Å². The minimum Gasteiger partial charge on any atom is -0.467 e. The Bertz CT molecular complexity index is 402. The summed E-state index contributed by atoms with van der Waals surface area (Å²) in [5.74, 6) is 0.0824. The smallest absolute Gasteiger partial charge is 0.316 e. The number of hydrogen-bond acceptors (Lipinski definition) is 5. The Morgan fingerprint density at radius 2 is 2.00 bits per heavy atom. The van der Waals surface area contributed by atoms with E-state index in [2.05, 4.69) is 14.7 Å². The average molecular weight is 231 g/mol. The molecule has 0 radical (unpaired) electrons. The van der Waals surface area contributed by atoms with Gasteiger partial charge in [-0.15, -0.1) is 0 Å². The van der Waals surface area contributed by atoms with Gasteiger partial charge in [-0.1, -0.05) is 6.92 Å². The fraction of sp³-hybridized carbons (Fsp3) is 0.500. The highest BCUT2D eigenvalue weighted by Crippen LogP contribution is 2.09. The van der Waals surface area contributed by atoms with E-state index in [1.54, 1.807) is 6.92 Å². The molecule has 1 heterocycles. The number of anilines is 1. The number of sulfonamides is 1. The highest BCUT2D eigenvalue weighted by molar-refractivity contribution is 7.92. The van der Waals surface area contributed by atoms with E-state index in [0.29, 0.717) is 12.1 Å². The minimum atomic E-state index is -3.28. The molecule has 0 amide bonds. The van der Waals surface area contributed by atoms with Crippen LogP contribution in [0.25, 0.3) is 0 Å². The van der Waals surface area contributed by atoms with E-state index < -0.39 is 10.0 Å². The predicted molar refractivity (Wildman–Crippen MR) is 56.3 cm³/mol. The normalized spacial score (nSPS) is 11.1. The quantitative estimate of drug-likeness (QED) is 0.804. The van der Waals surface area contributed by atoms with Crippen LogP contribution in [0, 0.1) is 0 Å². The van der Waals surface area contributed by atoms with Gasteiger partial charge in [0.15, 0.2) is 0 Å². The number of rotatable bonds is 5. The number of nitrogens with one attached hydrogen (secondary N) is 1. The third-order valence-corrected chi connectivity index (χ3v) is 3.05. The maximum Gasteiger partial charge on any atom is 0.316 e. The van der Waals surface area contributed by atoms with E-state index in [1.165, 1.54) is 19.5 Å². The molecule has 7 heteroatoms. The lowest BCUT2D eigenvalue weighted by atomic mass is 10.6. The summed E-state index contributed by atoms with van der Waals surface area (Å²) >= 11 is 0. The summed E-state index contributed by atoms with van der Waals surface area (Å²) in [6.45, 7) is 1.80. The van der Waals surface area contributed by atoms with Gasteiger partial charge in [-0.2, -0.15) is 0 Å². The molecule has 0 aliphatic rings. The first-order chi connectivity index (χ1) is 7.07. The molecule has 84 valence electrons. The van der Waals surface area contributed by atoms with Crippen LogP contribution in [0.3, 0.4) is 0 Å². The van der Waals surface area contributed by atoms with Crippen molar-refractivity contribution in [2.75, 3.05) is 17.6 Å². The summed E-state index contributed by atoms with van der Waals surface area (Å²) in [6.07, 6.45) is 3.28. The summed E-state index contributed by atoms with van der Waals surface area (Å²) in [7, 11) is -1.83. The van der Waals surface area contributed by atoms with Crippen LogP contribution in [-0.2, 0) is 10.0 Å². The van der Waals surface area contributed by atoms with Gasteiger partial charge in [-0.25, -0.2) is 18.4 Å². The Labute approximate surface area is 88.8 Å². The van der Waals surface area contributed by atoms with Crippen molar-refractivity contribution in [3.63, 3.8) is 0 Å². The molecule has 0 fully saturated rings. The SMILES string of the molecule is CCCS(=O)(=O)Nc1cnc(OC)nc1. The lowest BCUT2D eigenvalue weighted by molar-refractivity contribution is 0.380. The van der Waals surface area contributed by atoms with E-state index in [-0.39, 0.29) is 11.8 Å². The highest BCUT2D eigenvalue weighted by Gasteiger charge is 2.09. The van der Waals surface area contributed by atoms with E-state index in [9.17, 15) is 8.42 Å². The summed E-state index contributed by atoms with van der Waals surface area (Å²) in [5, 5.41) is 0. The first kappa shape index (κ1) is 11.7. The van der Waals surface area contributed by atoms with E-state index >= 15 is 0 Å². The van der Waals surface area contributed by atoms with Crippen LogP contribution in [0.15, 0.2) is 12.4 Å². The van der Waals surface area contributed by atoms with Crippen LogP contribution in [-0.4, -0.2) is 31.2 Å². The standard InChI is InChI=1S/C8H13N3O3S/c1-3-4-15(12,13)11-7-5-9-8(14-2)10-6-7/h5-6,11H,3-4H2,1-2H3. The maximum absolute atomic E-state index is 11.4. The van der Waals surface area contributed by atoms with Gasteiger partial charge in [0, 0.05) is 0 Å². The molecular formula is C8H13N3O3S. The van der Waals surface area contributed by atoms with E-state index in [0.717, 1.165) is 0 Å². The zero-order valence-electron chi connectivity index (χ0n) is 8.60. The average Bonchev–Trinajstić information content (AvgIpc) is 2.18. The molecule has 0 saturated heterocycles. The van der Waals surface area contributed by atoms with Crippen molar-refractivity contribution in [2.45, 2.75) is 13.3 Å². The third-order valence-electron chi connectivity index (χ3n) is 1.56. The largest absolute Gasteiger partial charge is 0.467 e. The summed E-state index contributed by atoms with van der Waals surface area (Å²) in [6, 6.07) is 0.202. The monoisotopic (exact) mass is 231 g/mol. The van der Waals surface area contributed by atoms with E-state index in [1.807, 2.05) is 0 Å². The number of nitrogens with zero attached hydrogens (tertiary/aromatic N) is 2. The molecule has 1 rings (SSSR count). The van der Waals surface area contributed by atoms with Gasteiger partial charge in [0.25, 0.3) is 0 Å². The number of aromatic nitrogens is 2. The number of ether oxygens (including phenoxy) is 1. The molecule has 0 saturated carbocycles. The Morgan fingerprint density at radius 3 is 2.47 bits per heavy atom. The fourth-order valence-corrected chi connectivity index (χ4v) is 2.08. The van der Waals surface area contributed by atoms with Crippen LogP contribution in [0.2, 0.25) is 0 Å². The molecule has 0 aliphatic heterocycles. The molecule has 1 N–H and O–H groups in total. The zero-order valence-corrected chi connectivity index (χ0v) is 9.41. The van der Waals surface area contributed by atoms with Gasteiger partial charge in [-0.3, -0.25) is 4.72 Å². The van der Waals surface area contributed by atoms with Crippen LogP contribution >= 0.6 is 0 Å². The van der Waals surface area contributed by atoms with Gasteiger partial charge < -0.3 is 4.74 Å². The van der Waals surface area contributed by atoms with Gasteiger partial charge >= 0.3 is 6.01 Å². The van der Waals surface area contributed by atoms with Crippen LogP contribution in [0.4, 0.5) is 5.69 Å². The van der Waals surface area contributed by atoms with Gasteiger partial charge in [0.05, 0.1) is 30.9 Å². The van der Waals surface area contributed by atoms with Crippen molar-refractivity contribution in [3.05, 3.63) is 12.4 Å². The fourth-order valence-electron chi connectivity index (χ4n) is 0.974. The summed E-state index contributed by atoms with van der Waals surface area (Å²) in [4.78, 5) is 7.56. The second-order valence-electron chi connectivity index (χ2n) is 2.88. The summed E-state index contributed by atoms with van der Waals surface area (Å²) < 4.78 is 29.8. The maximum atomic E-state index is 11.4. The van der Waals surface area contributed by atoms with Crippen molar-refractivity contribution in [3.8, 4) is 6.01 Å². The van der Waals surface area contributed by atoms with Crippen molar-refractivity contribution < 1.29 is 13.2 Å². The molecule has 0 bridgehead atoms. The number of methoxy groups -OCH3 is 1. The molecule has 1 aromatic rings. The molecule has 0 atom stereocenters. The molecule has 0 unspecified atom stereocenters. The zero-order chi connectivity index (χ0) is 11.3. The van der Waals surface area contributed by atoms with Crippen molar-refractivity contribution in [1.82, 2.24) is 9.97 Å². The Hall–Kier alpha value is -1.37.